The third-order valence-corrected chi connectivity index (χ3v) is 2.32. The molecule has 0 atom stereocenters. The van der Waals surface area contributed by atoms with Crippen LogP contribution < -0.4 is 0 Å². The summed E-state index contributed by atoms with van der Waals surface area (Å²) in [4.78, 5) is 1.68. The molecular formula is C10H14N4OS. The minimum atomic E-state index is 0.389. The fourth-order valence-electron chi connectivity index (χ4n) is 0.979. The zero-order chi connectivity index (χ0) is 12.1. The van der Waals surface area contributed by atoms with Crippen molar-refractivity contribution in [2.45, 2.75) is 6.92 Å². The van der Waals surface area contributed by atoms with Gasteiger partial charge in [0.1, 0.15) is 0 Å². The van der Waals surface area contributed by atoms with Crippen LogP contribution in [0.25, 0.3) is 0 Å². The molecule has 0 bridgehead atoms. The SMILES string of the molecule is CC(N=NC(=S)N(C)C)=C1C=CC=CN1O. The van der Waals surface area contributed by atoms with Gasteiger partial charge in [0.2, 0.25) is 5.11 Å². The molecule has 1 aliphatic rings. The summed E-state index contributed by atoms with van der Waals surface area (Å²) in [6.07, 6.45) is 6.80. The maximum atomic E-state index is 9.51. The maximum Gasteiger partial charge on any atom is 0.215 e. The van der Waals surface area contributed by atoms with Gasteiger partial charge in [-0.05, 0) is 31.3 Å². The molecule has 0 unspecified atom stereocenters. The summed E-state index contributed by atoms with van der Waals surface area (Å²) in [6, 6.07) is 0. The van der Waals surface area contributed by atoms with Gasteiger partial charge in [-0.15, -0.1) is 5.11 Å². The van der Waals surface area contributed by atoms with Gasteiger partial charge in [-0.25, -0.2) is 5.06 Å². The highest BCUT2D eigenvalue weighted by Crippen LogP contribution is 2.15. The standard InChI is InChI=1S/C10H14N4OS/c1-8(11-12-10(16)13(2)3)9-6-4-5-7-14(9)15/h4-7,15H,1-3H3. The van der Waals surface area contributed by atoms with E-state index in [2.05, 4.69) is 10.2 Å². The van der Waals surface area contributed by atoms with Gasteiger partial charge in [0.05, 0.1) is 11.4 Å². The molecule has 0 aromatic carbocycles. The van der Waals surface area contributed by atoms with E-state index in [1.54, 1.807) is 38.1 Å². The molecule has 1 N–H and O–H groups in total. The summed E-state index contributed by atoms with van der Waals surface area (Å²) < 4.78 is 0. The lowest BCUT2D eigenvalue weighted by Gasteiger charge is -2.16. The lowest BCUT2D eigenvalue weighted by molar-refractivity contribution is -0.00149. The van der Waals surface area contributed by atoms with Gasteiger partial charge in [0.15, 0.2) is 0 Å². The summed E-state index contributed by atoms with van der Waals surface area (Å²) in [6.45, 7) is 1.75. The van der Waals surface area contributed by atoms with Crippen molar-refractivity contribution < 1.29 is 5.21 Å². The van der Waals surface area contributed by atoms with E-state index in [1.807, 2.05) is 6.08 Å². The first-order chi connectivity index (χ1) is 7.52. The number of hydrogen-bond donors (Lipinski definition) is 1. The smallest absolute Gasteiger partial charge is 0.215 e. The number of hydrogen-bond acceptors (Lipinski definition) is 4. The lowest BCUT2D eigenvalue weighted by Crippen LogP contribution is -2.17. The van der Waals surface area contributed by atoms with E-state index in [-0.39, 0.29) is 0 Å². The Labute approximate surface area is 100 Å². The van der Waals surface area contributed by atoms with E-state index < -0.39 is 0 Å². The van der Waals surface area contributed by atoms with Crippen molar-refractivity contribution in [3.05, 3.63) is 35.8 Å². The predicted molar refractivity (Wildman–Crippen MR) is 65.7 cm³/mol. The molecule has 0 saturated heterocycles. The second kappa shape index (κ2) is 5.53. The fraction of sp³-hybridized carbons (Fsp3) is 0.300. The number of thiocarbonyl (C=S) groups is 1. The molecule has 0 radical (unpaired) electrons. The third-order valence-electron chi connectivity index (χ3n) is 1.88. The Kier molecular flexibility index (Phi) is 4.33. The van der Waals surface area contributed by atoms with Gasteiger partial charge in [-0.1, -0.05) is 6.08 Å². The second-order valence-electron chi connectivity index (χ2n) is 3.39. The summed E-state index contributed by atoms with van der Waals surface area (Å²) in [5, 5.41) is 18.7. The largest absolute Gasteiger partial charge is 0.352 e. The highest BCUT2D eigenvalue weighted by atomic mass is 32.1. The van der Waals surface area contributed by atoms with Crippen LogP contribution in [0, 0.1) is 0 Å². The van der Waals surface area contributed by atoms with Crippen LogP contribution in [0.1, 0.15) is 6.92 Å². The molecule has 0 spiro atoms. The second-order valence-corrected chi connectivity index (χ2v) is 3.76. The zero-order valence-electron chi connectivity index (χ0n) is 9.45. The maximum absolute atomic E-state index is 9.51. The number of rotatable bonds is 1. The normalized spacial score (nSPS) is 18.1. The number of nitrogens with zero attached hydrogens (tertiary/aromatic N) is 4. The quantitative estimate of drug-likeness (QED) is 0.562. The molecule has 0 amide bonds. The Morgan fingerprint density at radius 3 is 2.62 bits per heavy atom. The highest BCUT2D eigenvalue weighted by Gasteiger charge is 2.07. The summed E-state index contributed by atoms with van der Waals surface area (Å²) in [5.74, 6) is 0. The minimum absolute atomic E-state index is 0.389. The molecule has 0 aromatic heterocycles. The van der Waals surface area contributed by atoms with Crippen LogP contribution in [0.15, 0.2) is 46.1 Å². The van der Waals surface area contributed by atoms with Crippen LogP contribution in [0.5, 0.6) is 0 Å². The van der Waals surface area contributed by atoms with E-state index in [0.717, 1.165) is 5.06 Å². The molecule has 1 aliphatic heterocycles. The molecule has 16 heavy (non-hydrogen) atoms. The Hall–Kier alpha value is -1.53. The zero-order valence-corrected chi connectivity index (χ0v) is 10.3. The van der Waals surface area contributed by atoms with Gasteiger partial charge in [-0.3, -0.25) is 5.21 Å². The Morgan fingerprint density at radius 2 is 2.06 bits per heavy atom. The van der Waals surface area contributed by atoms with Crippen molar-refractivity contribution in [3.63, 3.8) is 0 Å². The van der Waals surface area contributed by atoms with E-state index in [0.29, 0.717) is 16.5 Å². The molecule has 0 aliphatic carbocycles. The van der Waals surface area contributed by atoms with E-state index in [9.17, 15) is 5.21 Å². The molecule has 0 saturated carbocycles. The van der Waals surface area contributed by atoms with Crippen molar-refractivity contribution in [3.8, 4) is 0 Å². The summed E-state index contributed by atoms with van der Waals surface area (Å²) in [5.41, 5.74) is 1.17. The third kappa shape index (κ3) is 3.25. The summed E-state index contributed by atoms with van der Waals surface area (Å²) >= 11 is 4.96. The number of allylic oxidation sites excluding steroid dienone is 4. The van der Waals surface area contributed by atoms with E-state index >= 15 is 0 Å². The average molecular weight is 238 g/mol. The Bertz CT molecular complexity index is 396. The minimum Gasteiger partial charge on any atom is -0.352 e. The fourth-order valence-corrected chi connectivity index (χ4v) is 1.02. The summed E-state index contributed by atoms with van der Waals surface area (Å²) in [7, 11) is 3.59. The van der Waals surface area contributed by atoms with Crippen molar-refractivity contribution in [2.24, 2.45) is 10.2 Å². The van der Waals surface area contributed by atoms with Gasteiger partial charge in [-0.2, -0.15) is 5.11 Å². The topological polar surface area (TPSA) is 51.4 Å². The van der Waals surface area contributed by atoms with Gasteiger partial charge in [0.25, 0.3) is 0 Å². The molecule has 5 nitrogen and oxygen atoms in total. The first-order valence-electron chi connectivity index (χ1n) is 4.69. The first kappa shape index (κ1) is 12.5. The highest BCUT2D eigenvalue weighted by molar-refractivity contribution is 7.80. The van der Waals surface area contributed by atoms with Gasteiger partial charge >= 0.3 is 0 Å². The van der Waals surface area contributed by atoms with Crippen LogP contribution in [-0.4, -0.2) is 34.4 Å². The Balaban J connectivity index is 2.81. The van der Waals surface area contributed by atoms with Crippen LogP contribution in [0.4, 0.5) is 0 Å². The van der Waals surface area contributed by atoms with Crippen LogP contribution in [0.3, 0.4) is 0 Å². The molecule has 1 rings (SSSR count). The molecule has 86 valence electrons. The lowest BCUT2D eigenvalue weighted by atomic mass is 10.2. The average Bonchev–Trinajstić information content (AvgIpc) is 2.25. The van der Waals surface area contributed by atoms with Crippen molar-refractivity contribution in [1.29, 1.82) is 0 Å². The predicted octanol–water partition coefficient (Wildman–Crippen LogP) is 2.29. The van der Waals surface area contributed by atoms with Crippen molar-refractivity contribution >= 4 is 17.3 Å². The molecular weight excluding hydrogens is 224 g/mol. The number of azo groups is 1. The molecule has 0 aromatic rings. The molecule has 0 fully saturated rings. The first-order valence-corrected chi connectivity index (χ1v) is 5.10. The van der Waals surface area contributed by atoms with Crippen LogP contribution >= 0.6 is 12.2 Å². The van der Waals surface area contributed by atoms with E-state index in [4.69, 9.17) is 12.2 Å². The number of hydroxylamine groups is 2. The van der Waals surface area contributed by atoms with Crippen LogP contribution in [0.2, 0.25) is 0 Å². The van der Waals surface area contributed by atoms with E-state index in [1.165, 1.54) is 6.20 Å². The Morgan fingerprint density at radius 1 is 1.38 bits per heavy atom. The molecule has 1 heterocycles. The van der Waals surface area contributed by atoms with Crippen molar-refractivity contribution in [1.82, 2.24) is 9.96 Å². The van der Waals surface area contributed by atoms with Crippen molar-refractivity contribution in [2.75, 3.05) is 14.1 Å². The molecule has 6 heteroatoms. The monoisotopic (exact) mass is 238 g/mol. The van der Waals surface area contributed by atoms with Crippen LogP contribution in [-0.2, 0) is 0 Å². The van der Waals surface area contributed by atoms with Gasteiger partial charge in [0, 0.05) is 20.3 Å². The van der Waals surface area contributed by atoms with Gasteiger partial charge < -0.3 is 4.90 Å².